The van der Waals surface area contributed by atoms with Crippen molar-refractivity contribution in [1.29, 1.82) is 0 Å². The average Bonchev–Trinajstić information content (AvgIpc) is 2.74. The molecule has 0 bridgehead atoms. The highest BCUT2D eigenvalue weighted by atomic mass is 15.2. The van der Waals surface area contributed by atoms with Gasteiger partial charge in [0, 0.05) is 49.3 Å². The van der Waals surface area contributed by atoms with Gasteiger partial charge >= 0.3 is 0 Å². The SMILES string of the molecule is Cc1cc(C)c2[nH]c(C)c(CCN3CCNCC3)c2c1. The maximum Gasteiger partial charge on any atom is 0.0488 e. The number of piperazine rings is 1. The third-order valence-electron chi connectivity index (χ3n) is 4.46. The number of aryl methyl sites for hydroxylation is 3. The van der Waals surface area contributed by atoms with Gasteiger partial charge in [0.1, 0.15) is 0 Å². The Morgan fingerprint density at radius 3 is 2.60 bits per heavy atom. The molecule has 1 fully saturated rings. The Kier molecular flexibility index (Phi) is 3.81. The molecular weight excluding hydrogens is 246 g/mol. The van der Waals surface area contributed by atoms with Crippen molar-refractivity contribution in [1.82, 2.24) is 15.2 Å². The summed E-state index contributed by atoms with van der Waals surface area (Å²) >= 11 is 0. The Balaban J connectivity index is 1.85. The quantitative estimate of drug-likeness (QED) is 0.899. The van der Waals surface area contributed by atoms with Crippen LogP contribution in [0.4, 0.5) is 0 Å². The van der Waals surface area contributed by atoms with Crippen molar-refractivity contribution in [2.45, 2.75) is 27.2 Å². The summed E-state index contributed by atoms with van der Waals surface area (Å²) in [6, 6.07) is 4.59. The average molecular weight is 271 g/mol. The van der Waals surface area contributed by atoms with Crippen LogP contribution in [0.5, 0.6) is 0 Å². The summed E-state index contributed by atoms with van der Waals surface area (Å²) in [7, 11) is 0. The fourth-order valence-electron chi connectivity index (χ4n) is 3.36. The maximum atomic E-state index is 3.58. The van der Waals surface area contributed by atoms with E-state index >= 15 is 0 Å². The molecule has 3 heteroatoms. The Bertz CT molecular complexity index is 606. The highest BCUT2D eigenvalue weighted by Gasteiger charge is 2.14. The number of nitrogens with zero attached hydrogens (tertiary/aromatic N) is 1. The van der Waals surface area contributed by atoms with Gasteiger partial charge in [0.2, 0.25) is 0 Å². The van der Waals surface area contributed by atoms with E-state index < -0.39 is 0 Å². The van der Waals surface area contributed by atoms with Gasteiger partial charge in [0.05, 0.1) is 0 Å². The normalized spacial score (nSPS) is 16.9. The van der Waals surface area contributed by atoms with E-state index in [2.05, 4.69) is 48.1 Å². The Labute approximate surface area is 121 Å². The van der Waals surface area contributed by atoms with Crippen LogP contribution in [0.25, 0.3) is 10.9 Å². The number of benzene rings is 1. The number of aromatic amines is 1. The lowest BCUT2D eigenvalue weighted by Crippen LogP contribution is -2.44. The minimum absolute atomic E-state index is 1.13. The van der Waals surface area contributed by atoms with E-state index in [1.54, 1.807) is 0 Å². The molecule has 3 nitrogen and oxygen atoms in total. The molecule has 1 aromatic heterocycles. The second kappa shape index (κ2) is 5.58. The van der Waals surface area contributed by atoms with Crippen molar-refractivity contribution in [2.24, 2.45) is 0 Å². The van der Waals surface area contributed by atoms with Crippen molar-refractivity contribution in [3.8, 4) is 0 Å². The van der Waals surface area contributed by atoms with Crippen molar-refractivity contribution >= 4 is 10.9 Å². The van der Waals surface area contributed by atoms with Crippen LogP contribution in [0.15, 0.2) is 12.1 Å². The molecule has 1 aliphatic rings. The molecular formula is C17H25N3. The van der Waals surface area contributed by atoms with E-state index in [0.29, 0.717) is 0 Å². The molecule has 1 aliphatic heterocycles. The minimum Gasteiger partial charge on any atom is -0.358 e. The number of hydrogen-bond acceptors (Lipinski definition) is 2. The highest BCUT2D eigenvalue weighted by Crippen LogP contribution is 2.26. The third-order valence-corrected chi connectivity index (χ3v) is 4.46. The molecule has 0 unspecified atom stereocenters. The van der Waals surface area contributed by atoms with Crippen LogP contribution in [-0.2, 0) is 6.42 Å². The Hall–Kier alpha value is -1.32. The molecule has 2 N–H and O–H groups in total. The van der Waals surface area contributed by atoms with Crippen molar-refractivity contribution in [3.63, 3.8) is 0 Å². The van der Waals surface area contributed by atoms with Crippen molar-refractivity contribution < 1.29 is 0 Å². The number of rotatable bonds is 3. The second-order valence-corrected chi connectivity index (χ2v) is 6.07. The molecule has 2 heterocycles. The molecule has 108 valence electrons. The number of nitrogens with one attached hydrogen (secondary N) is 2. The van der Waals surface area contributed by atoms with Crippen LogP contribution < -0.4 is 5.32 Å². The Morgan fingerprint density at radius 2 is 1.85 bits per heavy atom. The summed E-state index contributed by atoms with van der Waals surface area (Å²) in [6.45, 7) is 12.4. The van der Waals surface area contributed by atoms with Gasteiger partial charge in [-0.3, -0.25) is 0 Å². The van der Waals surface area contributed by atoms with Crippen LogP contribution in [0.3, 0.4) is 0 Å². The van der Waals surface area contributed by atoms with Gasteiger partial charge in [-0.15, -0.1) is 0 Å². The van der Waals surface area contributed by atoms with Crippen molar-refractivity contribution in [3.05, 3.63) is 34.5 Å². The van der Waals surface area contributed by atoms with Crippen LogP contribution in [0.1, 0.15) is 22.4 Å². The number of fused-ring (bicyclic) bond motifs is 1. The van der Waals surface area contributed by atoms with Gasteiger partial charge in [-0.25, -0.2) is 0 Å². The predicted octanol–water partition coefficient (Wildman–Crippen LogP) is 2.54. The molecule has 0 atom stereocenters. The van der Waals surface area contributed by atoms with Gasteiger partial charge in [-0.1, -0.05) is 11.6 Å². The molecule has 0 aliphatic carbocycles. The zero-order valence-electron chi connectivity index (χ0n) is 12.8. The van der Waals surface area contributed by atoms with Crippen LogP contribution in [-0.4, -0.2) is 42.6 Å². The van der Waals surface area contributed by atoms with E-state index in [1.165, 1.54) is 52.9 Å². The molecule has 0 saturated carbocycles. The summed E-state index contributed by atoms with van der Waals surface area (Å²) in [4.78, 5) is 6.15. The topological polar surface area (TPSA) is 31.1 Å². The van der Waals surface area contributed by atoms with Crippen LogP contribution in [0.2, 0.25) is 0 Å². The lowest BCUT2D eigenvalue weighted by molar-refractivity contribution is 0.244. The second-order valence-electron chi connectivity index (χ2n) is 6.07. The minimum atomic E-state index is 1.13. The lowest BCUT2D eigenvalue weighted by atomic mass is 10.0. The molecule has 20 heavy (non-hydrogen) atoms. The maximum absolute atomic E-state index is 3.58. The van der Waals surface area contributed by atoms with E-state index in [-0.39, 0.29) is 0 Å². The van der Waals surface area contributed by atoms with Gasteiger partial charge in [-0.2, -0.15) is 0 Å². The largest absolute Gasteiger partial charge is 0.358 e. The molecule has 3 rings (SSSR count). The fraction of sp³-hybridized carbons (Fsp3) is 0.529. The number of hydrogen-bond donors (Lipinski definition) is 2. The molecule has 1 aromatic carbocycles. The summed E-state index contributed by atoms with van der Waals surface area (Å²) < 4.78 is 0. The highest BCUT2D eigenvalue weighted by molar-refractivity contribution is 5.88. The Morgan fingerprint density at radius 1 is 1.10 bits per heavy atom. The first-order valence-electron chi connectivity index (χ1n) is 7.66. The van der Waals surface area contributed by atoms with E-state index in [4.69, 9.17) is 0 Å². The predicted molar refractivity (Wildman–Crippen MR) is 85.5 cm³/mol. The van der Waals surface area contributed by atoms with Gasteiger partial charge in [-0.05, 0) is 44.4 Å². The standard InChI is InChI=1S/C17H25N3/c1-12-10-13(2)17-16(11-12)15(14(3)19-17)4-7-20-8-5-18-6-9-20/h10-11,18-19H,4-9H2,1-3H3. The fourth-order valence-corrected chi connectivity index (χ4v) is 3.36. The third kappa shape index (κ3) is 2.60. The smallest absolute Gasteiger partial charge is 0.0488 e. The molecule has 0 amide bonds. The zero-order chi connectivity index (χ0) is 14.1. The summed E-state index contributed by atoms with van der Waals surface area (Å²) in [6.07, 6.45) is 1.15. The van der Waals surface area contributed by atoms with Crippen molar-refractivity contribution in [2.75, 3.05) is 32.7 Å². The van der Waals surface area contributed by atoms with Gasteiger partial charge in [0.25, 0.3) is 0 Å². The van der Waals surface area contributed by atoms with E-state index in [0.717, 1.165) is 19.5 Å². The summed E-state index contributed by atoms with van der Waals surface area (Å²) in [5.74, 6) is 0. The van der Waals surface area contributed by atoms with Crippen LogP contribution in [0, 0.1) is 20.8 Å². The molecule has 1 saturated heterocycles. The summed E-state index contributed by atoms with van der Waals surface area (Å²) in [5.41, 5.74) is 6.88. The first-order valence-corrected chi connectivity index (χ1v) is 7.66. The van der Waals surface area contributed by atoms with Gasteiger partial charge in [0.15, 0.2) is 0 Å². The monoisotopic (exact) mass is 271 g/mol. The zero-order valence-corrected chi connectivity index (χ0v) is 12.8. The first-order chi connectivity index (χ1) is 9.65. The van der Waals surface area contributed by atoms with E-state index in [1.807, 2.05) is 0 Å². The van der Waals surface area contributed by atoms with Gasteiger partial charge < -0.3 is 15.2 Å². The number of H-pyrrole nitrogens is 1. The molecule has 0 spiro atoms. The summed E-state index contributed by atoms with van der Waals surface area (Å²) in [5, 5.41) is 4.84. The molecule has 0 radical (unpaired) electrons. The van der Waals surface area contributed by atoms with Crippen LogP contribution >= 0.6 is 0 Å². The molecule has 2 aromatic rings. The number of aromatic nitrogens is 1. The first kappa shape index (κ1) is 13.7. The van der Waals surface area contributed by atoms with E-state index in [9.17, 15) is 0 Å². The lowest BCUT2D eigenvalue weighted by Gasteiger charge is -2.27.